The highest BCUT2D eigenvalue weighted by atomic mass is 32.2. The van der Waals surface area contributed by atoms with Crippen molar-refractivity contribution in [1.82, 2.24) is 5.32 Å². The molecule has 0 unspecified atom stereocenters. The van der Waals surface area contributed by atoms with Gasteiger partial charge in [-0.15, -0.1) is 0 Å². The molecule has 150 valence electrons. The minimum atomic E-state index is -3.75. The molecule has 28 heavy (non-hydrogen) atoms. The number of nitrogens with zero attached hydrogens (tertiary/aromatic N) is 1. The number of benzene rings is 2. The third-order valence-corrected chi connectivity index (χ3v) is 5.49. The van der Waals surface area contributed by atoms with E-state index in [0.29, 0.717) is 36.0 Å². The lowest BCUT2D eigenvalue weighted by molar-refractivity contribution is -0.122. The Kier molecular flexibility index (Phi) is 5.73. The van der Waals surface area contributed by atoms with Gasteiger partial charge in [0.1, 0.15) is 25.1 Å². The molecule has 0 saturated carbocycles. The molecule has 1 aliphatic heterocycles. The van der Waals surface area contributed by atoms with Gasteiger partial charge in [0.05, 0.1) is 11.9 Å². The Morgan fingerprint density at radius 2 is 1.79 bits per heavy atom. The number of carbonyl (C=O) groups excluding carboxylic acids is 1. The summed E-state index contributed by atoms with van der Waals surface area (Å²) in [4.78, 5) is 12.6. The molecule has 2 aromatic carbocycles. The summed E-state index contributed by atoms with van der Waals surface area (Å²) < 4.78 is 49.7. The lowest BCUT2D eigenvalue weighted by atomic mass is 10.2. The second kappa shape index (κ2) is 8.05. The fraction of sp³-hybridized carbons (Fsp3) is 0.316. The molecular formula is C19H21FN2O5S. The smallest absolute Gasteiger partial charge is 0.243 e. The van der Waals surface area contributed by atoms with Crippen LogP contribution in [-0.4, -0.2) is 39.8 Å². The quantitative estimate of drug-likeness (QED) is 0.791. The standard InChI is InChI=1S/C19H21FN2O5S/c1-13(19(23)21-12-14-3-5-15(20)6-4-14)22(28(2,24)25)16-7-8-17-18(11-16)27-10-9-26-17/h3-8,11,13H,9-10,12H2,1-2H3,(H,21,23)/t13-/m1/s1. The minimum absolute atomic E-state index is 0.155. The summed E-state index contributed by atoms with van der Waals surface area (Å²) in [5.41, 5.74) is 1.00. The van der Waals surface area contributed by atoms with Crippen LogP contribution < -0.4 is 19.1 Å². The predicted octanol–water partition coefficient (Wildman–Crippen LogP) is 2.07. The molecule has 3 rings (SSSR count). The molecule has 1 heterocycles. The molecule has 1 amide bonds. The van der Waals surface area contributed by atoms with Crippen LogP contribution in [-0.2, 0) is 21.4 Å². The van der Waals surface area contributed by atoms with Crippen LogP contribution >= 0.6 is 0 Å². The van der Waals surface area contributed by atoms with E-state index in [2.05, 4.69) is 5.32 Å². The average molecular weight is 408 g/mol. The Morgan fingerprint density at radius 1 is 1.14 bits per heavy atom. The van der Waals surface area contributed by atoms with Gasteiger partial charge in [-0.3, -0.25) is 9.10 Å². The molecule has 2 aromatic rings. The van der Waals surface area contributed by atoms with Gasteiger partial charge in [0.15, 0.2) is 11.5 Å². The number of carbonyl (C=O) groups is 1. The SMILES string of the molecule is C[C@H](C(=O)NCc1ccc(F)cc1)N(c1ccc2c(c1)OCCO2)S(C)(=O)=O. The fourth-order valence-electron chi connectivity index (χ4n) is 2.92. The summed E-state index contributed by atoms with van der Waals surface area (Å²) >= 11 is 0. The van der Waals surface area contributed by atoms with Crippen molar-refractivity contribution in [2.24, 2.45) is 0 Å². The zero-order valence-electron chi connectivity index (χ0n) is 15.5. The minimum Gasteiger partial charge on any atom is -0.486 e. The highest BCUT2D eigenvalue weighted by Gasteiger charge is 2.30. The highest BCUT2D eigenvalue weighted by molar-refractivity contribution is 7.92. The molecule has 1 N–H and O–H groups in total. The number of anilines is 1. The van der Waals surface area contributed by atoms with Crippen LogP contribution in [0, 0.1) is 5.82 Å². The molecule has 9 heteroatoms. The first-order chi connectivity index (χ1) is 13.3. The second-order valence-electron chi connectivity index (χ2n) is 6.41. The molecular weight excluding hydrogens is 387 g/mol. The zero-order valence-corrected chi connectivity index (χ0v) is 16.3. The van der Waals surface area contributed by atoms with Crippen molar-refractivity contribution in [3.63, 3.8) is 0 Å². The van der Waals surface area contributed by atoms with E-state index in [1.165, 1.54) is 19.1 Å². The Bertz CT molecular complexity index is 963. The zero-order chi connectivity index (χ0) is 20.3. The van der Waals surface area contributed by atoms with Crippen molar-refractivity contribution in [2.75, 3.05) is 23.8 Å². The van der Waals surface area contributed by atoms with Gasteiger partial charge < -0.3 is 14.8 Å². The van der Waals surface area contributed by atoms with E-state index in [1.807, 2.05) is 0 Å². The number of hydrogen-bond acceptors (Lipinski definition) is 5. The molecule has 0 fully saturated rings. The van der Waals surface area contributed by atoms with Crippen LogP contribution in [0.3, 0.4) is 0 Å². The number of halogens is 1. The Labute approximate surface area is 163 Å². The summed E-state index contributed by atoms with van der Waals surface area (Å²) in [6.45, 7) is 2.44. The van der Waals surface area contributed by atoms with Gasteiger partial charge in [-0.05, 0) is 36.8 Å². The van der Waals surface area contributed by atoms with Crippen molar-refractivity contribution in [3.05, 3.63) is 53.8 Å². The molecule has 7 nitrogen and oxygen atoms in total. The first-order valence-electron chi connectivity index (χ1n) is 8.67. The van der Waals surface area contributed by atoms with Gasteiger partial charge in [0, 0.05) is 12.6 Å². The van der Waals surface area contributed by atoms with E-state index in [4.69, 9.17) is 9.47 Å². The molecule has 1 aliphatic rings. The molecule has 0 radical (unpaired) electrons. The number of fused-ring (bicyclic) bond motifs is 1. The summed E-state index contributed by atoms with van der Waals surface area (Å²) in [5, 5.41) is 2.68. The van der Waals surface area contributed by atoms with Crippen LogP contribution in [0.15, 0.2) is 42.5 Å². The molecule has 0 aromatic heterocycles. The van der Waals surface area contributed by atoms with Gasteiger partial charge in [-0.25, -0.2) is 12.8 Å². The number of hydrogen-bond donors (Lipinski definition) is 1. The summed E-state index contributed by atoms with van der Waals surface area (Å²) in [7, 11) is -3.75. The Balaban J connectivity index is 1.79. The van der Waals surface area contributed by atoms with Gasteiger partial charge >= 0.3 is 0 Å². The topological polar surface area (TPSA) is 84.9 Å². The Hall–Kier alpha value is -2.81. The lowest BCUT2D eigenvalue weighted by Crippen LogP contribution is -2.47. The van der Waals surface area contributed by atoms with E-state index in [-0.39, 0.29) is 12.4 Å². The predicted molar refractivity (Wildman–Crippen MR) is 102 cm³/mol. The van der Waals surface area contributed by atoms with E-state index in [0.717, 1.165) is 10.6 Å². The van der Waals surface area contributed by atoms with E-state index in [1.54, 1.807) is 30.3 Å². The third kappa shape index (κ3) is 4.53. The molecule has 1 atom stereocenters. The van der Waals surface area contributed by atoms with Crippen LogP contribution in [0.5, 0.6) is 11.5 Å². The molecule has 0 saturated heterocycles. The molecule has 0 bridgehead atoms. The first kappa shape index (κ1) is 19.9. The number of sulfonamides is 1. The average Bonchev–Trinajstić information content (AvgIpc) is 2.66. The van der Waals surface area contributed by atoms with E-state index in [9.17, 15) is 17.6 Å². The maximum atomic E-state index is 13.0. The third-order valence-electron chi connectivity index (χ3n) is 4.25. The van der Waals surface area contributed by atoms with Crippen molar-refractivity contribution < 1.29 is 27.1 Å². The van der Waals surface area contributed by atoms with Crippen LogP contribution in [0.1, 0.15) is 12.5 Å². The fourth-order valence-corrected chi connectivity index (χ4v) is 4.08. The maximum Gasteiger partial charge on any atom is 0.243 e. The van der Waals surface area contributed by atoms with Gasteiger partial charge in [-0.2, -0.15) is 0 Å². The van der Waals surface area contributed by atoms with Gasteiger partial charge in [-0.1, -0.05) is 12.1 Å². The monoisotopic (exact) mass is 408 g/mol. The highest BCUT2D eigenvalue weighted by Crippen LogP contribution is 2.35. The van der Waals surface area contributed by atoms with Gasteiger partial charge in [0.25, 0.3) is 0 Å². The van der Waals surface area contributed by atoms with E-state index >= 15 is 0 Å². The summed E-state index contributed by atoms with van der Waals surface area (Å²) in [6.07, 6.45) is 1.04. The first-order valence-corrected chi connectivity index (χ1v) is 10.5. The van der Waals surface area contributed by atoms with Crippen molar-refractivity contribution in [3.8, 4) is 11.5 Å². The Morgan fingerprint density at radius 3 is 2.43 bits per heavy atom. The van der Waals surface area contributed by atoms with Crippen molar-refractivity contribution in [2.45, 2.75) is 19.5 Å². The van der Waals surface area contributed by atoms with Crippen LogP contribution in [0.4, 0.5) is 10.1 Å². The summed E-state index contributed by atoms with van der Waals surface area (Å²) in [6, 6.07) is 9.41. The maximum absolute atomic E-state index is 13.0. The second-order valence-corrected chi connectivity index (χ2v) is 8.27. The number of nitrogens with one attached hydrogen (secondary N) is 1. The van der Waals surface area contributed by atoms with Crippen molar-refractivity contribution in [1.29, 1.82) is 0 Å². The largest absolute Gasteiger partial charge is 0.486 e. The lowest BCUT2D eigenvalue weighted by Gasteiger charge is -2.29. The molecule has 0 spiro atoms. The van der Waals surface area contributed by atoms with Crippen LogP contribution in [0.2, 0.25) is 0 Å². The number of amides is 1. The van der Waals surface area contributed by atoms with Crippen molar-refractivity contribution >= 4 is 21.6 Å². The normalized spacial score (nSPS) is 14.2. The van der Waals surface area contributed by atoms with Gasteiger partial charge in [0.2, 0.25) is 15.9 Å². The molecule has 0 aliphatic carbocycles. The van der Waals surface area contributed by atoms with Crippen LogP contribution in [0.25, 0.3) is 0 Å². The number of rotatable bonds is 6. The summed E-state index contributed by atoms with van der Waals surface area (Å²) in [5.74, 6) is 0.100. The number of ether oxygens (including phenoxy) is 2. The van der Waals surface area contributed by atoms with E-state index < -0.39 is 22.0 Å².